The van der Waals surface area contributed by atoms with Crippen LogP contribution in [0.3, 0.4) is 0 Å². The highest BCUT2D eigenvalue weighted by atomic mass is 16.2. The van der Waals surface area contributed by atoms with Gasteiger partial charge in [-0.3, -0.25) is 14.3 Å². The molecule has 0 spiro atoms. The maximum atomic E-state index is 13.6. The Morgan fingerprint density at radius 2 is 1.84 bits per heavy atom. The first-order valence-electron chi connectivity index (χ1n) is 9.45. The van der Waals surface area contributed by atoms with E-state index in [-0.39, 0.29) is 17.9 Å². The molecule has 25 heavy (non-hydrogen) atoms. The second kappa shape index (κ2) is 6.81. The number of aryl methyl sites for hydroxylation is 2. The van der Waals surface area contributed by atoms with Crippen molar-refractivity contribution >= 4 is 11.8 Å². The van der Waals surface area contributed by atoms with Gasteiger partial charge in [0.05, 0.1) is 11.7 Å². The van der Waals surface area contributed by atoms with Gasteiger partial charge in [-0.2, -0.15) is 5.10 Å². The van der Waals surface area contributed by atoms with Gasteiger partial charge in [-0.05, 0) is 39.5 Å². The second-order valence-electron chi connectivity index (χ2n) is 7.69. The standard InChI is InChI=1S/C19H30N4O2/c1-13-17(14(2)22(4)21-13)16-9-8-12-23(16)18(25)19(20-15(3)24)10-6-5-7-11-19/h16H,5-12H2,1-4H3,(H,20,24)/t16-/m0/s1. The van der Waals surface area contributed by atoms with Crippen molar-refractivity contribution in [1.29, 1.82) is 0 Å². The molecule has 1 aromatic heterocycles. The van der Waals surface area contributed by atoms with Crippen molar-refractivity contribution in [1.82, 2.24) is 20.0 Å². The summed E-state index contributed by atoms with van der Waals surface area (Å²) in [7, 11) is 1.95. The molecule has 138 valence electrons. The molecule has 1 saturated carbocycles. The molecule has 6 heteroatoms. The molecule has 1 atom stereocenters. The Morgan fingerprint density at radius 1 is 1.16 bits per heavy atom. The van der Waals surface area contributed by atoms with E-state index in [9.17, 15) is 9.59 Å². The topological polar surface area (TPSA) is 67.2 Å². The molecule has 2 amide bonds. The minimum absolute atomic E-state index is 0.0776. The van der Waals surface area contributed by atoms with E-state index in [2.05, 4.69) is 17.3 Å². The highest BCUT2D eigenvalue weighted by Gasteiger charge is 2.46. The predicted octanol–water partition coefficient (Wildman–Crippen LogP) is 2.54. The van der Waals surface area contributed by atoms with Crippen molar-refractivity contribution < 1.29 is 9.59 Å². The summed E-state index contributed by atoms with van der Waals surface area (Å²) in [5, 5.41) is 7.56. The average molecular weight is 346 g/mol. The number of likely N-dealkylation sites (tertiary alicyclic amines) is 1. The summed E-state index contributed by atoms with van der Waals surface area (Å²) in [5.74, 6) is -0.00714. The molecule has 1 saturated heterocycles. The van der Waals surface area contributed by atoms with E-state index in [4.69, 9.17) is 0 Å². The van der Waals surface area contributed by atoms with Gasteiger partial charge in [0.25, 0.3) is 0 Å². The fourth-order valence-corrected chi connectivity index (χ4v) is 4.74. The molecule has 1 N–H and O–H groups in total. The van der Waals surface area contributed by atoms with Crippen LogP contribution in [0.1, 0.15) is 74.9 Å². The van der Waals surface area contributed by atoms with Crippen LogP contribution in [0.4, 0.5) is 0 Å². The predicted molar refractivity (Wildman–Crippen MR) is 96.0 cm³/mol. The van der Waals surface area contributed by atoms with Gasteiger partial charge in [0.1, 0.15) is 5.54 Å². The minimum Gasteiger partial charge on any atom is -0.342 e. The molecule has 3 rings (SSSR count). The van der Waals surface area contributed by atoms with Crippen molar-refractivity contribution in [3.05, 3.63) is 17.0 Å². The summed E-state index contributed by atoms with van der Waals surface area (Å²) in [4.78, 5) is 27.4. The lowest BCUT2D eigenvalue weighted by Gasteiger charge is -2.41. The first-order valence-corrected chi connectivity index (χ1v) is 9.45. The van der Waals surface area contributed by atoms with Crippen molar-refractivity contribution in [2.45, 2.75) is 77.3 Å². The van der Waals surface area contributed by atoms with Gasteiger partial charge in [-0.15, -0.1) is 0 Å². The Morgan fingerprint density at radius 3 is 2.40 bits per heavy atom. The Kier molecular flexibility index (Phi) is 4.89. The van der Waals surface area contributed by atoms with Gasteiger partial charge >= 0.3 is 0 Å². The molecule has 1 aliphatic carbocycles. The monoisotopic (exact) mass is 346 g/mol. The third-order valence-electron chi connectivity index (χ3n) is 5.94. The molecule has 0 aromatic carbocycles. The van der Waals surface area contributed by atoms with Crippen LogP contribution in [-0.2, 0) is 16.6 Å². The molecule has 2 heterocycles. The molecule has 2 aliphatic rings. The van der Waals surface area contributed by atoms with Crippen LogP contribution in [0.25, 0.3) is 0 Å². The number of carbonyl (C=O) groups excluding carboxylic acids is 2. The third kappa shape index (κ3) is 3.18. The number of amides is 2. The first-order chi connectivity index (χ1) is 11.9. The van der Waals surface area contributed by atoms with E-state index < -0.39 is 5.54 Å². The largest absolute Gasteiger partial charge is 0.342 e. The lowest BCUT2D eigenvalue weighted by atomic mass is 9.80. The molecule has 1 aliphatic heterocycles. The first kappa shape index (κ1) is 18.0. The lowest BCUT2D eigenvalue weighted by molar-refractivity contribution is -0.144. The van der Waals surface area contributed by atoms with Gasteiger partial charge < -0.3 is 10.2 Å². The van der Waals surface area contributed by atoms with Crippen molar-refractivity contribution in [3.8, 4) is 0 Å². The number of nitrogens with one attached hydrogen (secondary N) is 1. The van der Waals surface area contributed by atoms with Crippen molar-refractivity contribution in [2.75, 3.05) is 6.54 Å². The van der Waals surface area contributed by atoms with Crippen LogP contribution in [0.5, 0.6) is 0 Å². The summed E-state index contributed by atoms with van der Waals surface area (Å²) in [6.07, 6.45) is 6.60. The van der Waals surface area contributed by atoms with E-state index >= 15 is 0 Å². The van der Waals surface area contributed by atoms with E-state index in [1.807, 2.05) is 23.6 Å². The Labute approximate surface area is 149 Å². The smallest absolute Gasteiger partial charge is 0.248 e. The summed E-state index contributed by atoms with van der Waals surface area (Å²) in [6, 6.07) is 0.0776. The highest BCUT2D eigenvalue weighted by molar-refractivity contribution is 5.91. The maximum Gasteiger partial charge on any atom is 0.248 e. The van der Waals surface area contributed by atoms with Gasteiger partial charge in [0.2, 0.25) is 11.8 Å². The zero-order valence-corrected chi connectivity index (χ0v) is 15.9. The zero-order valence-electron chi connectivity index (χ0n) is 15.9. The summed E-state index contributed by atoms with van der Waals surface area (Å²) < 4.78 is 1.90. The van der Waals surface area contributed by atoms with Crippen LogP contribution in [0.2, 0.25) is 0 Å². The Bertz CT molecular complexity index is 673. The molecule has 1 aromatic rings. The fraction of sp³-hybridized carbons (Fsp3) is 0.737. The lowest BCUT2D eigenvalue weighted by Crippen LogP contribution is -2.60. The zero-order chi connectivity index (χ0) is 18.2. The number of carbonyl (C=O) groups is 2. The normalized spacial score (nSPS) is 22.9. The van der Waals surface area contributed by atoms with Crippen LogP contribution < -0.4 is 5.32 Å². The van der Waals surface area contributed by atoms with Gasteiger partial charge in [0, 0.05) is 31.8 Å². The van der Waals surface area contributed by atoms with Gasteiger partial charge in [0.15, 0.2) is 0 Å². The van der Waals surface area contributed by atoms with Gasteiger partial charge in [-0.25, -0.2) is 0 Å². The van der Waals surface area contributed by atoms with Gasteiger partial charge in [-0.1, -0.05) is 19.3 Å². The molecule has 0 radical (unpaired) electrons. The van der Waals surface area contributed by atoms with Crippen LogP contribution in [0, 0.1) is 13.8 Å². The van der Waals surface area contributed by atoms with Crippen LogP contribution >= 0.6 is 0 Å². The van der Waals surface area contributed by atoms with E-state index in [1.54, 1.807) is 0 Å². The molecular weight excluding hydrogens is 316 g/mol. The fourth-order valence-electron chi connectivity index (χ4n) is 4.74. The molecule has 6 nitrogen and oxygen atoms in total. The highest BCUT2D eigenvalue weighted by Crippen LogP contribution is 2.39. The Balaban J connectivity index is 1.92. The molecular formula is C19H30N4O2. The van der Waals surface area contributed by atoms with Crippen LogP contribution in [-0.4, -0.2) is 38.6 Å². The number of hydrogen-bond donors (Lipinski definition) is 1. The van der Waals surface area contributed by atoms with Crippen LogP contribution in [0.15, 0.2) is 0 Å². The molecule has 2 fully saturated rings. The second-order valence-corrected chi connectivity index (χ2v) is 7.69. The Hall–Kier alpha value is -1.85. The maximum absolute atomic E-state index is 13.6. The average Bonchev–Trinajstić information content (AvgIpc) is 3.12. The quantitative estimate of drug-likeness (QED) is 0.914. The van der Waals surface area contributed by atoms with E-state index in [0.29, 0.717) is 0 Å². The summed E-state index contributed by atoms with van der Waals surface area (Å²) >= 11 is 0. The SMILES string of the molecule is CC(=O)NC1(C(=O)N2CCC[C@H]2c2c(C)nn(C)c2C)CCCCC1. The minimum atomic E-state index is -0.712. The van der Waals surface area contributed by atoms with Crippen molar-refractivity contribution in [3.63, 3.8) is 0 Å². The van der Waals surface area contributed by atoms with E-state index in [1.165, 1.54) is 12.5 Å². The number of hydrogen-bond acceptors (Lipinski definition) is 3. The van der Waals surface area contributed by atoms with E-state index in [0.717, 1.165) is 62.9 Å². The third-order valence-corrected chi connectivity index (χ3v) is 5.94. The van der Waals surface area contributed by atoms with Crippen molar-refractivity contribution in [2.24, 2.45) is 7.05 Å². The number of aromatic nitrogens is 2. The number of nitrogens with zero attached hydrogens (tertiary/aromatic N) is 3. The summed E-state index contributed by atoms with van der Waals surface area (Å²) in [5.41, 5.74) is 2.60. The summed E-state index contributed by atoms with van der Waals surface area (Å²) in [6.45, 7) is 6.37. The number of rotatable bonds is 3. The molecule has 0 bridgehead atoms. The molecule has 0 unspecified atom stereocenters.